The van der Waals surface area contributed by atoms with Gasteiger partial charge in [-0.15, -0.1) is 0 Å². The van der Waals surface area contributed by atoms with Crippen LogP contribution in [-0.4, -0.2) is 29.7 Å². The number of rotatable bonds is 5. The Labute approximate surface area is 144 Å². The highest BCUT2D eigenvalue weighted by atomic mass is 16.5. The molecule has 5 heteroatoms. The highest BCUT2D eigenvalue weighted by Crippen LogP contribution is 2.23. The first-order valence-electron chi connectivity index (χ1n) is 8.18. The van der Waals surface area contributed by atoms with Crippen molar-refractivity contribution in [2.45, 2.75) is 46.6 Å². The van der Waals surface area contributed by atoms with E-state index in [0.717, 1.165) is 17.0 Å². The van der Waals surface area contributed by atoms with E-state index in [0.29, 0.717) is 13.1 Å². The summed E-state index contributed by atoms with van der Waals surface area (Å²) in [6.45, 7) is 11.2. The Balaban J connectivity index is 1.97. The topological polar surface area (TPSA) is 58.4 Å². The number of carbonyl (C=O) groups is 1. The molecule has 24 heavy (non-hydrogen) atoms. The lowest BCUT2D eigenvalue weighted by atomic mass is 9.84. The first-order chi connectivity index (χ1) is 11.2. The van der Waals surface area contributed by atoms with Gasteiger partial charge in [-0.2, -0.15) is 0 Å². The Bertz CT molecular complexity index is 700. The molecule has 1 heterocycles. The summed E-state index contributed by atoms with van der Waals surface area (Å²) in [5.74, 6) is 0.757. The Hall–Kier alpha value is -2.30. The number of urea groups is 1. The number of carbonyl (C=O) groups excluding carboxylic acids is 1. The second-order valence-corrected chi connectivity index (χ2v) is 7.07. The zero-order valence-electron chi connectivity index (χ0n) is 15.4. The fourth-order valence-corrected chi connectivity index (χ4v) is 2.64. The minimum Gasteiger partial charge on any atom is -0.361 e. The van der Waals surface area contributed by atoms with Gasteiger partial charge in [0.05, 0.1) is 12.2 Å². The molecule has 0 unspecified atom stereocenters. The van der Waals surface area contributed by atoms with Crippen LogP contribution < -0.4 is 5.32 Å². The standard InChI is InChI=1S/C19H27N3O2/c1-13-8-7-9-16(10-13)19(4,5)12-20-18(23)22(6)11-17-14(2)21-24-15(17)3/h7-10H,11-12H2,1-6H3,(H,20,23). The third-order valence-electron chi connectivity index (χ3n) is 4.40. The van der Waals surface area contributed by atoms with Crippen molar-refractivity contribution in [3.63, 3.8) is 0 Å². The lowest BCUT2D eigenvalue weighted by Gasteiger charge is -2.27. The maximum absolute atomic E-state index is 12.4. The number of nitrogens with one attached hydrogen (secondary N) is 1. The maximum atomic E-state index is 12.4. The molecule has 0 spiro atoms. The first-order valence-corrected chi connectivity index (χ1v) is 8.18. The van der Waals surface area contributed by atoms with Crippen LogP contribution in [0.25, 0.3) is 0 Å². The van der Waals surface area contributed by atoms with Gasteiger partial charge in [-0.25, -0.2) is 4.79 Å². The van der Waals surface area contributed by atoms with Crippen LogP contribution in [0.2, 0.25) is 0 Å². The molecule has 0 aliphatic carbocycles. The molecule has 0 aliphatic rings. The predicted octanol–water partition coefficient (Wildman–Crippen LogP) is 3.72. The summed E-state index contributed by atoms with van der Waals surface area (Å²) in [6.07, 6.45) is 0. The van der Waals surface area contributed by atoms with Crippen molar-refractivity contribution in [2.75, 3.05) is 13.6 Å². The summed E-state index contributed by atoms with van der Waals surface area (Å²) in [5, 5.41) is 6.96. The number of aryl methyl sites for hydroxylation is 3. The number of hydrogen-bond donors (Lipinski definition) is 1. The van der Waals surface area contributed by atoms with E-state index in [-0.39, 0.29) is 11.4 Å². The molecule has 0 bridgehead atoms. The van der Waals surface area contributed by atoms with Gasteiger partial charge in [-0.05, 0) is 26.3 Å². The van der Waals surface area contributed by atoms with Crippen LogP contribution in [0.3, 0.4) is 0 Å². The lowest BCUT2D eigenvalue weighted by molar-refractivity contribution is 0.204. The number of hydrogen-bond acceptors (Lipinski definition) is 3. The quantitative estimate of drug-likeness (QED) is 0.909. The van der Waals surface area contributed by atoms with Gasteiger partial charge in [-0.1, -0.05) is 48.8 Å². The zero-order chi connectivity index (χ0) is 17.9. The van der Waals surface area contributed by atoms with E-state index in [9.17, 15) is 4.79 Å². The second kappa shape index (κ2) is 7.07. The van der Waals surface area contributed by atoms with Gasteiger partial charge in [0, 0.05) is 24.6 Å². The van der Waals surface area contributed by atoms with Crippen LogP contribution in [0.5, 0.6) is 0 Å². The van der Waals surface area contributed by atoms with Gasteiger partial charge in [-0.3, -0.25) is 0 Å². The van der Waals surface area contributed by atoms with Gasteiger partial charge in [0.1, 0.15) is 5.76 Å². The average Bonchev–Trinajstić information content (AvgIpc) is 2.84. The summed E-state index contributed by atoms with van der Waals surface area (Å²) < 4.78 is 5.15. The van der Waals surface area contributed by atoms with Crippen LogP contribution in [0.15, 0.2) is 28.8 Å². The van der Waals surface area contributed by atoms with Crippen molar-refractivity contribution in [1.29, 1.82) is 0 Å². The molecule has 0 aliphatic heterocycles. The molecule has 2 amide bonds. The third-order valence-corrected chi connectivity index (χ3v) is 4.40. The monoisotopic (exact) mass is 329 g/mol. The predicted molar refractivity (Wildman–Crippen MR) is 95.0 cm³/mol. The Morgan fingerprint density at radius 3 is 2.58 bits per heavy atom. The normalized spacial score (nSPS) is 11.4. The molecule has 1 N–H and O–H groups in total. The van der Waals surface area contributed by atoms with E-state index in [1.165, 1.54) is 11.1 Å². The third kappa shape index (κ3) is 4.16. The number of aromatic nitrogens is 1. The average molecular weight is 329 g/mol. The zero-order valence-corrected chi connectivity index (χ0v) is 15.4. The van der Waals surface area contributed by atoms with Crippen LogP contribution in [0.4, 0.5) is 4.79 Å². The van der Waals surface area contributed by atoms with Crippen LogP contribution >= 0.6 is 0 Å². The number of amides is 2. The van der Waals surface area contributed by atoms with E-state index in [1.54, 1.807) is 11.9 Å². The SMILES string of the molecule is Cc1cccc(C(C)(C)CNC(=O)N(C)Cc2c(C)noc2C)c1. The molecule has 2 rings (SSSR count). The summed E-state index contributed by atoms with van der Waals surface area (Å²) in [5.41, 5.74) is 4.10. The molecule has 5 nitrogen and oxygen atoms in total. The van der Waals surface area contributed by atoms with Crippen molar-refractivity contribution in [2.24, 2.45) is 0 Å². The van der Waals surface area contributed by atoms with Gasteiger partial charge >= 0.3 is 6.03 Å². The van der Waals surface area contributed by atoms with E-state index in [1.807, 2.05) is 13.8 Å². The van der Waals surface area contributed by atoms with Gasteiger partial charge in [0.2, 0.25) is 0 Å². The van der Waals surface area contributed by atoms with Gasteiger partial charge in [0.25, 0.3) is 0 Å². The molecular formula is C19H27N3O2. The molecule has 1 aromatic carbocycles. The molecule has 0 radical (unpaired) electrons. The van der Waals surface area contributed by atoms with Gasteiger partial charge < -0.3 is 14.7 Å². The van der Waals surface area contributed by atoms with Crippen molar-refractivity contribution in [1.82, 2.24) is 15.4 Å². The summed E-state index contributed by atoms with van der Waals surface area (Å²) >= 11 is 0. The summed E-state index contributed by atoms with van der Waals surface area (Å²) in [7, 11) is 1.78. The van der Waals surface area contributed by atoms with Crippen molar-refractivity contribution in [3.8, 4) is 0 Å². The van der Waals surface area contributed by atoms with E-state index < -0.39 is 0 Å². The molecule has 0 atom stereocenters. The van der Waals surface area contributed by atoms with Crippen LogP contribution in [0, 0.1) is 20.8 Å². The minimum absolute atomic E-state index is 0.101. The van der Waals surface area contributed by atoms with Gasteiger partial charge in [0.15, 0.2) is 0 Å². The first kappa shape index (κ1) is 18.0. The summed E-state index contributed by atoms with van der Waals surface area (Å²) in [4.78, 5) is 14.1. The van der Waals surface area contributed by atoms with Crippen LogP contribution in [-0.2, 0) is 12.0 Å². The fraction of sp³-hybridized carbons (Fsp3) is 0.474. The number of benzene rings is 1. The molecule has 2 aromatic rings. The van der Waals surface area contributed by atoms with E-state index in [4.69, 9.17) is 4.52 Å². The lowest BCUT2D eigenvalue weighted by Crippen LogP contribution is -2.43. The molecule has 0 fully saturated rings. The highest BCUT2D eigenvalue weighted by molar-refractivity contribution is 5.74. The van der Waals surface area contributed by atoms with Crippen molar-refractivity contribution >= 4 is 6.03 Å². The van der Waals surface area contributed by atoms with E-state index >= 15 is 0 Å². The van der Waals surface area contributed by atoms with Crippen LogP contribution in [0.1, 0.15) is 42.0 Å². The molecule has 1 aromatic heterocycles. The molecule has 130 valence electrons. The Kier molecular flexibility index (Phi) is 5.32. The highest BCUT2D eigenvalue weighted by Gasteiger charge is 2.23. The number of nitrogens with zero attached hydrogens (tertiary/aromatic N) is 2. The Morgan fingerprint density at radius 2 is 2.00 bits per heavy atom. The summed E-state index contributed by atoms with van der Waals surface area (Å²) in [6, 6.07) is 8.30. The Morgan fingerprint density at radius 1 is 1.29 bits per heavy atom. The van der Waals surface area contributed by atoms with E-state index in [2.05, 4.69) is 55.5 Å². The van der Waals surface area contributed by atoms with Crippen molar-refractivity contribution in [3.05, 3.63) is 52.4 Å². The largest absolute Gasteiger partial charge is 0.361 e. The second-order valence-electron chi connectivity index (χ2n) is 7.07. The minimum atomic E-state index is -0.133. The fourth-order valence-electron chi connectivity index (χ4n) is 2.64. The maximum Gasteiger partial charge on any atom is 0.317 e. The van der Waals surface area contributed by atoms with Crippen molar-refractivity contribution < 1.29 is 9.32 Å². The molecular weight excluding hydrogens is 302 g/mol. The molecule has 0 saturated heterocycles. The molecule has 0 saturated carbocycles. The smallest absolute Gasteiger partial charge is 0.317 e.